The van der Waals surface area contributed by atoms with Crippen molar-refractivity contribution < 1.29 is 13.5 Å². The molecule has 0 saturated heterocycles. The van der Waals surface area contributed by atoms with Gasteiger partial charge < -0.3 is 5.11 Å². The second kappa shape index (κ2) is 9.18. The molecule has 0 amide bonds. The summed E-state index contributed by atoms with van der Waals surface area (Å²) in [5.41, 5.74) is -1.35. The molecular formula is C16H19Cl2N7O3S. The molecule has 1 atom stereocenters. The lowest BCUT2D eigenvalue weighted by Crippen LogP contribution is -2.44. The maximum Gasteiger partial charge on any atom is 0.211 e. The van der Waals surface area contributed by atoms with Gasteiger partial charge >= 0.3 is 0 Å². The number of aromatic nitrogens is 6. The van der Waals surface area contributed by atoms with E-state index < -0.39 is 15.6 Å². The molecule has 13 heteroatoms. The Balaban J connectivity index is 1.72. The molecule has 156 valence electrons. The Morgan fingerprint density at radius 2 is 1.79 bits per heavy atom. The fourth-order valence-electron chi connectivity index (χ4n) is 2.75. The van der Waals surface area contributed by atoms with Crippen LogP contribution in [0.2, 0.25) is 10.0 Å². The van der Waals surface area contributed by atoms with Crippen molar-refractivity contribution in [2.24, 2.45) is 0 Å². The summed E-state index contributed by atoms with van der Waals surface area (Å²) in [6.45, 7) is 0.0445. The van der Waals surface area contributed by atoms with Crippen LogP contribution in [0.4, 0.5) is 0 Å². The molecule has 0 radical (unpaired) electrons. The SMILES string of the molecule is O=S(=O)(CCCn1cncn1)NCC(O)(Cn1cncn1)c1ccc(Cl)cc1Cl. The van der Waals surface area contributed by atoms with Crippen LogP contribution in [0.5, 0.6) is 0 Å². The third-order valence-corrected chi connectivity index (χ3v) is 6.13. The molecule has 10 nitrogen and oxygen atoms in total. The number of halogens is 2. The van der Waals surface area contributed by atoms with Crippen LogP contribution in [-0.2, 0) is 28.7 Å². The number of nitrogens with zero attached hydrogens (tertiary/aromatic N) is 6. The van der Waals surface area contributed by atoms with Gasteiger partial charge in [0.25, 0.3) is 0 Å². The van der Waals surface area contributed by atoms with Gasteiger partial charge in [-0.15, -0.1) is 0 Å². The number of sulfonamides is 1. The smallest absolute Gasteiger partial charge is 0.211 e. The van der Waals surface area contributed by atoms with E-state index >= 15 is 0 Å². The van der Waals surface area contributed by atoms with Crippen molar-refractivity contribution in [1.82, 2.24) is 34.3 Å². The van der Waals surface area contributed by atoms with Gasteiger partial charge in [0.05, 0.1) is 12.3 Å². The first-order valence-electron chi connectivity index (χ1n) is 8.57. The number of rotatable bonds is 10. The Bertz CT molecular complexity index is 1030. The highest BCUT2D eigenvalue weighted by atomic mass is 35.5. The highest BCUT2D eigenvalue weighted by Crippen LogP contribution is 2.31. The number of aliphatic hydroxyl groups is 1. The normalized spacial score (nSPS) is 14.0. The Morgan fingerprint density at radius 1 is 1.10 bits per heavy atom. The molecule has 0 spiro atoms. The summed E-state index contributed by atoms with van der Waals surface area (Å²) in [4.78, 5) is 7.65. The summed E-state index contributed by atoms with van der Waals surface area (Å²) in [5, 5.41) is 19.8. The summed E-state index contributed by atoms with van der Waals surface area (Å²) in [7, 11) is -3.66. The average Bonchev–Trinajstić information content (AvgIpc) is 3.34. The van der Waals surface area contributed by atoms with Crippen LogP contribution in [0.3, 0.4) is 0 Å². The van der Waals surface area contributed by atoms with Gasteiger partial charge in [-0.2, -0.15) is 10.2 Å². The third-order valence-electron chi connectivity index (χ3n) is 4.17. The van der Waals surface area contributed by atoms with Crippen molar-refractivity contribution in [3.63, 3.8) is 0 Å². The van der Waals surface area contributed by atoms with Gasteiger partial charge in [0, 0.05) is 28.7 Å². The molecule has 0 fully saturated rings. The number of benzene rings is 1. The van der Waals surface area contributed by atoms with Gasteiger partial charge in [0.15, 0.2) is 0 Å². The first kappa shape index (κ1) is 21.7. The van der Waals surface area contributed by atoms with Gasteiger partial charge in [0.2, 0.25) is 10.0 Å². The molecular weight excluding hydrogens is 441 g/mol. The molecule has 2 heterocycles. The van der Waals surface area contributed by atoms with Gasteiger partial charge in [-0.05, 0) is 18.6 Å². The van der Waals surface area contributed by atoms with Crippen LogP contribution in [0, 0.1) is 0 Å². The van der Waals surface area contributed by atoms with E-state index in [4.69, 9.17) is 23.2 Å². The molecule has 2 aromatic heterocycles. The topological polar surface area (TPSA) is 128 Å². The third kappa shape index (κ3) is 5.97. The number of hydrogen-bond acceptors (Lipinski definition) is 7. The van der Waals surface area contributed by atoms with Crippen molar-refractivity contribution >= 4 is 33.2 Å². The van der Waals surface area contributed by atoms with E-state index in [2.05, 4.69) is 24.9 Å². The lowest BCUT2D eigenvalue weighted by Gasteiger charge is -2.29. The first-order valence-corrected chi connectivity index (χ1v) is 11.0. The minimum atomic E-state index is -3.66. The number of aryl methyl sites for hydroxylation is 1. The van der Waals surface area contributed by atoms with Crippen molar-refractivity contribution in [2.45, 2.75) is 25.1 Å². The Kier molecular flexibility index (Phi) is 6.85. The first-order chi connectivity index (χ1) is 13.8. The van der Waals surface area contributed by atoms with Crippen LogP contribution < -0.4 is 4.72 Å². The number of nitrogens with one attached hydrogen (secondary N) is 1. The van der Waals surface area contributed by atoms with Crippen LogP contribution in [0.25, 0.3) is 0 Å². The van der Waals surface area contributed by atoms with Crippen LogP contribution in [-0.4, -0.2) is 55.4 Å². The lowest BCUT2D eigenvalue weighted by atomic mass is 9.94. The lowest BCUT2D eigenvalue weighted by molar-refractivity contribution is 0.0204. The fraction of sp³-hybridized carbons (Fsp3) is 0.375. The molecule has 3 rings (SSSR count). The maximum absolute atomic E-state index is 12.4. The fourth-order valence-corrected chi connectivity index (χ4v) is 4.45. The summed E-state index contributed by atoms with van der Waals surface area (Å²) in [6.07, 6.45) is 5.97. The van der Waals surface area contributed by atoms with Gasteiger partial charge in [-0.3, -0.25) is 4.68 Å². The summed E-state index contributed by atoms with van der Waals surface area (Å²) in [5.74, 6) is -0.138. The zero-order chi connectivity index (χ0) is 20.9. The Morgan fingerprint density at radius 3 is 2.41 bits per heavy atom. The van der Waals surface area contributed by atoms with Gasteiger partial charge in [-0.25, -0.2) is 27.8 Å². The molecule has 29 heavy (non-hydrogen) atoms. The highest BCUT2D eigenvalue weighted by molar-refractivity contribution is 7.89. The predicted octanol–water partition coefficient (Wildman–Crippen LogP) is 1.07. The second-order valence-corrected chi connectivity index (χ2v) is 9.17. The molecule has 2 N–H and O–H groups in total. The van der Waals surface area contributed by atoms with E-state index in [-0.39, 0.29) is 23.9 Å². The summed E-state index contributed by atoms with van der Waals surface area (Å²) in [6, 6.07) is 4.61. The van der Waals surface area contributed by atoms with Crippen molar-refractivity contribution in [1.29, 1.82) is 0 Å². The predicted molar refractivity (Wildman–Crippen MR) is 107 cm³/mol. The molecule has 1 unspecified atom stereocenters. The monoisotopic (exact) mass is 459 g/mol. The van der Waals surface area contributed by atoms with E-state index in [1.807, 2.05) is 0 Å². The summed E-state index contributed by atoms with van der Waals surface area (Å²) < 4.78 is 30.2. The van der Waals surface area contributed by atoms with Crippen molar-refractivity contribution in [3.8, 4) is 0 Å². The van der Waals surface area contributed by atoms with Crippen LogP contribution >= 0.6 is 23.2 Å². The largest absolute Gasteiger partial charge is 0.382 e. The highest BCUT2D eigenvalue weighted by Gasteiger charge is 2.34. The zero-order valence-electron chi connectivity index (χ0n) is 15.2. The molecule has 0 saturated carbocycles. The maximum atomic E-state index is 12.4. The van der Waals surface area contributed by atoms with E-state index in [1.165, 1.54) is 36.1 Å². The summed E-state index contributed by atoms with van der Waals surface area (Å²) >= 11 is 12.2. The molecule has 3 aromatic rings. The molecule has 0 aliphatic rings. The molecule has 0 aliphatic carbocycles. The quantitative estimate of drug-likeness (QED) is 0.463. The number of hydrogen-bond donors (Lipinski definition) is 2. The van der Waals surface area contributed by atoms with E-state index in [0.717, 1.165) is 0 Å². The van der Waals surface area contributed by atoms with Crippen LogP contribution in [0.1, 0.15) is 12.0 Å². The van der Waals surface area contributed by atoms with E-state index in [0.29, 0.717) is 23.6 Å². The molecule has 0 aliphatic heterocycles. The van der Waals surface area contributed by atoms with Gasteiger partial charge in [-0.1, -0.05) is 29.3 Å². The minimum Gasteiger partial charge on any atom is -0.382 e. The average molecular weight is 460 g/mol. The minimum absolute atomic E-state index is 0.0597. The Labute approximate surface area is 177 Å². The van der Waals surface area contributed by atoms with Gasteiger partial charge in [0.1, 0.15) is 30.9 Å². The van der Waals surface area contributed by atoms with E-state index in [9.17, 15) is 13.5 Å². The Hall–Kier alpha value is -2.05. The van der Waals surface area contributed by atoms with Crippen LogP contribution in [0.15, 0.2) is 43.5 Å². The molecule has 0 bridgehead atoms. The van der Waals surface area contributed by atoms with Crippen molar-refractivity contribution in [2.75, 3.05) is 12.3 Å². The molecule has 1 aromatic carbocycles. The second-order valence-electron chi connectivity index (χ2n) is 6.40. The van der Waals surface area contributed by atoms with Crippen molar-refractivity contribution in [3.05, 3.63) is 59.1 Å². The van der Waals surface area contributed by atoms with E-state index in [1.54, 1.807) is 16.8 Å². The standard InChI is InChI=1S/C16H19Cl2N7O3S/c17-13-2-3-14(15(18)6-13)16(26,8-25-12-20-10-22-25)7-23-29(27,28)5-1-4-24-11-19-9-21-24/h2-3,6,9-12,23,26H,1,4-5,7-8H2. The zero-order valence-corrected chi connectivity index (χ0v) is 17.5.